The van der Waals surface area contributed by atoms with Crippen molar-refractivity contribution < 1.29 is 9.59 Å². The van der Waals surface area contributed by atoms with E-state index in [9.17, 15) is 9.59 Å². The Morgan fingerprint density at radius 1 is 0.839 bits per heavy atom. The summed E-state index contributed by atoms with van der Waals surface area (Å²) in [7, 11) is 0. The molecular weight excluding hydrogens is 408 g/mol. The standard InChI is InChI=1S/C24H16N4O2S/c25-14-16-5-4-8-19(13-16)23(30)28-24-27-21(15-31-24)17-9-11-20(12-10-17)26-22(29)18-6-2-1-3-7-18/h1-13,15H,(H,26,29)(H,27,28,30). The van der Waals surface area contributed by atoms with Gasteiger partial charge >= 0.3 is 0 Å². The van der Waals surface area contributed by atoms with Crippen LogP contribution in [0.5, 0.6) is 0 Å². The van der Waals surface area contributed by atoms with E-state index >= 15 is 0 Å². The molecule has 0 bridgehead atoms. The highest BCUT2D eigenvalue weighted by molar-refractivity contribution is 7.14. The molecule has 1 heterocycles. The first-order valence-electron chi connectivity index (χ1n) is 9.36. The second-order valence-electron chi connectivity index (χ2n) is 6.58. The molecule has 4 rings (SSSR count). The number of amides is 2. The van der Waals surface area contributed by atoms with Gasteiger partial charge in [0.05, 0.1) is 17.3 Å². The highest BCUT2D eigenvalue weighted by atomic mass is 32.1. The van der Waals surface area contributed by atoms with Gasteiger partial charge in [-0.15, -0.1) is 11.3 Å². The summed E-state index contributed by atoms with van der Waals surface area (Å²) in [4.78, 5) is 29.1. The number of nitrogens with one attached hydrogen (secondary N) is 2. The van der Waals surface area contributed by atoms with Crippen molar-refractivity contribution in [1.29, 1.82) is 5.26 Å². The van der Waals surface area contributed by atoms with Crippen molar-refractivity contribution in [3.05, 3.63) is 101 Å². The van der Waals surface area contributed by atoms with Crippen LogP contribution in [0.1, 0.15) is 26.3 Å². The predicted octanol–water partition coefficient (Wildman–Crippen LogP) is 5.19. The highest BCUT2D eigenvalue weighted by Crippen LogP contribution is 2.26. The monoisotopic (exact) mass is 424 g/mol. The molecule has 0 unspecified atom stereocenters. The summed E-state index contributed by atoms with van der Waals surface area (Å²) in [5.74, 6) is -0.496. The summed E-state index contributed by atoms with van der Waals surface area (Å²) in [6.07, 6.45) is 0. The Bertz CT molecular complexity index is 1270. The molecule has 3 aromatic carbocycles. The summed E-state index contributed by atoms with van der Waals surface area (Å²) in [6, 6.07) is 24.8. The number of nitriles is 1. The fraction of sp³-hybridized carbons (Fsp3) is 0. The first-order chi connectivity index (χ1) is 15.1. The quantitative estimate of drug-likeness (QED) is 0.461. The minimum absolute atomic E-state index is 0.174. The number of aromatic nitrogens is 1. The zero-order valence-electron chi connectivity index (χ0n) is 16.2. The summed E-state index contributed by atoms with van der Waals surface area (Å²) >= 11 is 1.31. The van der Waals surface area contributed by atoms with Crippen molar-refractivity contribution in [2.24, 2.45) is 0 Å². The zero-order chi connectivity index (χ0) is 21.6. The zero-order valence-corrected chi connectivity index (χ0v) is 17.0. The maximum absolute atomic E-state index is 12.4. The molecule has 0 radical (unpaired) electrons. The molecule has 0 atom stereocenters. The normalized spacial score (nSPS) is 10.2. The molecule has 2 N–H and O–H groups in total. The van der Waals surface area contributed by atoms with Crippen molar-refractivity contribution in [3.63, 3.8) is 0 Å². The third-order valence-corrected chi connectivity index (χ3v) is 5.21. The van der Waals surface area contributed by atoms with Gasteiger partial charge in [-0.3, -0.25) is 14.9 Å². The molecule has 0 spiro atoms. The van der Waals surface area contributed by atoms with Gasteiger partial charge in [0.15, 0.2) is 5.13 Å². The van der Waals surface area contributed by atoms with Crippen LogP contribution in [-0.2, 0) is 0 Å². The number of anilines is 2. The molecule has 0 fully saturated rings. The lowest BCUT2D eigenvalue weighted by atomic mass is 10.1. The lowest BCUT2D eigenvalue weighted by molar-refractivity contribution is 0.101. The van der Waals surface area contributed by atoms with Gasteiger partial charge in [0.25, 0.3) is 11.8 Å². The minimum atomic E-state index is -0.322. The third-order valence-electron chi connectivity index (χ3n) is 4.45. The minimum Gasteiger partial charge on any atom is -0.322 e. The van der Waals surface area contributed by atoms with Gasteiger partial charge < -0.3 is 5.32 Å². The molecule has 0 saturated heterocycles. The Hall–Kier alpha value is -4.28. The molecule has 2 amide bonds. The number of benzene rings is 3. The summed E-state index contributed by atoms with van der Waals surface area (Å²) in [6.45, 7) is 0. The number of carbonyl (C=O) groups excluding carboxylic acids is 2. The fourth-order valence-electron chi connectivity index (χ4n) is 2.88. The van der Waals surface area contributed by atoms with Crippen LogP contribution in [0.15, 0.2) is 84.2 Å². The molecule has 0 aliphatic rings. The number of hydrogen-bond acceptors (Lipinski definition) is 5. The lowest BCUT2D eigenvalue weighted by Crippen LogP contribution is -2.11. The van der Waals surface area contributed by atoms with E-state index in [0.29, 0.717) is 33.2 Å². The number of carbonyl (C=O) groups is 2. The average molecular weight is 424 g/mol. The summed E-state index contributed by atoms with van der Waals surface area (Å²) in [5, 5.41) is 16.9. The smallest absolute Gasteiger partial charge is 0.257 e. The maximum atomic E-state index is 12.4. The second-order valence-corrected chi connectivity index (χ2v) is 7.44. The maximum Gasteiger partial charge on any atom is 0.257 e. The molecule has 31 heavy (non-hydrogen) atoms. The van der Waals surface area contributed by atoms with E-state index < -0.39 is 0 Å². The van der Waals surface area contributed by atoms with Crippen molar-refractivity contribution in [1.82, 2.24) is 4.98 Å². The van der Waals surface area contributed by atoms with Gasteiger partial charge in [-0.25, -0.2) is 4.98 Å². The summed E-state index contributed by atoms with van der Waals surface area (Å²) in [5.41, 5.74) is 3.67. The van der Waals surface area contributed by atoms with Gasteiger partial charge in [-0.2, -0.15) is 5.26 Å². The van der Waals surface area contributed by atoms with Crippen LogP contribution < -0.4 is 10.6 Å². The highest BCUT2D eigenvalue weighted by Gasteiger charge is 2.11. The first-order valence-corrected chi connectivity index (χ1v) is 10.2. The Balaban J connectivity index is 1.42. The van der Waals surface area contributed by atoms with Crippen LogP contribution >= 0.6 is 11.3 Å². The fourth-order valence-corrected chi connectivity index (χ4v) is 3.59. The SMILES string of the molecule is N#Cc1cccc(C(=O)Nc2nc(-c3ccc(NC(=O)c4ccccc4)cc3)cs2)c1. The number of nitrogens with zero attached hydrogens (tertiary/aromatic N) is 2. The van der Waals surface area contributed by atoms with Crippen LogP contribution in [0.3, 0.4) is 0 Å². The molecular formula is C24H16N4O2S. The van der Waals surface area contributed by atoms with Crippen molar-refractivity contribution >= 4 is 34.0 Å². The molecule has 0 aliphatic heterocycles. The van der Waals surface area contributed by atoms with E-state index in [4.69, 9.17) is 5.26 Å². The van der Waals surface area contributed by atoms with E-state index in [2.05, 4.69) is 15.6 Å². The largest absolute Gasteiger partial charge is 0.322 e. The van der Waals surface area contributed by atoms with Gasteiger partial charge in [0.1, 0.15) is 0 Å². The van der Waals surface area contributed by atoms with E-state index in [0.717, 1.165) is 5.56 Å². The van der Waals surface area contributed by atoms with E-state index in [1.165, 1.54) is 17.4 Å². The van der Waals surface area contributed by atoms with E-state index in [-0.39, 0.29) is 11.8 Å². The number of rotatable bonds is 5. The Morgan fingerprint density at radius 3 is 2.29 bits per heavy atom. The second kappa shape index (κ2) is 9.03. The molecule has 0 saturated carbocycles. The first kappa shape index (κ1) is 20.0. The van der Waals surface area contributed by atoms with Crippen LogP contribution in [0.4, 0.5) is 10.8 Å². The Morgan fingerprint density at radius 2 is 1.55 bits per heavy atom. The van der Waals surface area contributed by atoms with Crippen LogP contribution in [-0.4, -0.2) is 16.8 Å². The third kappa shape index (κ3) is 4.83. The Labute approximate surface area is 182 Å². The van der Waals surface area contributed by atoms with Crippen LogP contribution in [0.25, 0.3) is 11.3 Å². The molecule has 4 aromatic rings. The lowest BCUT2D eigenvalue weighted by Gasteiger charge is -2.06. The van der Waals surface area contributed by atoms with Gasteiger partial charge in [0, 0.05) is 27.8 Å². The Kier molecular flexibility index (Phi) is 5.83. The molecule has 150 valence electrons. The van der Waals surface area contributed by atoms with Crippen molar-refractivity contribution in [2.75, 3.05) is 10.6 Å². The van der Waals surface area contributed by atoms with Gasteiger partial charge in [0.2, 0.25) is 0 Å². The molecule has 7 heteroatoms. The van der Waals surface area contributed by atoms with Crippen molar-refractivity contribution in [3.8, 4) is 17.3 Å². The molecule has 1 aromatic heterocycles. The summed E-state index contributed by atoms with van der Waals surface area (Å²) < 4.78 is 0. The van der Waals surface area contributed by atoms with Crippen LogP contribution in [0.2, 0.25) is 0 Å². The van der Waals surface area contributed by atoms with E-state index in [1.807, 2.05) is 41.8 Å². The predicted molar refractivity (Wildman–Crippen MR) is 121 cm³/mol. The number of hydrogen-bond donors (Lipinski definition) is 2. The topological polar surface area (TPSA) is 94.9 Å². The van der Waals surface area contributed by atoms with Gasteiger partial charge in [-0.05, 0) is 42.5 Å². The van der Waals surface area contributed by atoms with Crippen molar-refractivity contribution in [2.45, 2.75) is 0 Å². The van der Waals surface area contributed by atoms with E-state index in [1.54, 1.807) is 42.5 Å². The molecule has 0 aliphatic carbocycles. The molecule has 6 nitrogen and oxygen atoms in total. The van der Waals surface area contributed by atoms with Crippen LogP contribution in [0, 0.1) is 11.3 Å². The average Bonchev–Trinajstić information content (AvgIpc) is 3.28. The van der Waals surface area contributed by atoms with Gasteiger partial charge in [-0.1, -0.05) is 36.4 Å². The number of thiazole rings is 1.